The minimum absolute atomic E-state index is 0.146. The van der Waals surface area contributed by atoms with Gasteiger partial charge in [0.2, 0.25) is 5.78 Å². The average molecular weight is 275 g/mol. The highest BCUT2D eigenvalue weighted by molar-refractivity contribution is 7.20. The van der Waals surface area contributed by atoms with E-state index < -0.39 is 0 Å². The first-order valence-corrected chi connectivity index (χ1v) is 6.22. The Morgan fingerprint density at radius 2 is 2.31 bits per heavy atom. The first kappa shape index (κ1) is 11.6. The fourth-order valence-electron chi connectivity index (χ4n) is 1.41. The van der Waals surface area contributed by atoms with Gasteiger partial charge in [0.15, 0.2) is 0 Å². The van der Waals surface area contributed by atoms with Crippen molar-refractivity contribution in [3.63, 3.8) is 0 Å². The van der Waals surface area contributed by atoms with E-state index in [2.05, 4.69) is 5.10 Å². The van der Waals surface area contributed by atoms with Crippen molar-refractivity contribution in [3.8, 4) is 0 Å². The summed E-state index contributed by atoms with van der Waals surface area (Å²) in [5.41, 5.74) is 0.964. The van der Waals surface area contributed by atoms with Crippen molar-refractivity contribution in [1.82, 2.24) is 9.78 Å². The van der Waals surface area contributed by atoms with E-state index in [4.69, 9.17) is 23.2 Å². The summed E-state index contributed by atoms with van der Waals surface area (Å²) in [5, 5.41) is 4.04. The van der Waals surface area contributed by atoms with E-state index in [1.807, 2.05) is 6.92 Å². The number of nitrogens with zero attached hydrogens (tertiary/aromatic N) is 2. The van der Waals surface area contributed by atoms with Gasteiger partial charge >= 0.3 is 0 Å². The lowest BCUT2D eigenvalue weighted by molar-refractivity contribution is 0.102. The number of carbonyl (C=O) groups excluding carboxylic acids is 1. The molecule has 84 valence electrons. The van der Waals surface area contributed by atoms with E-state index in [0.717, 1.165) is 0 Å². The SMILES string of the molecule is CCn1nccc1C(=O)c1cc(Cl)sc1Cl. The van der Waals surface area contributed by atoms with E-state index in [0.29, 0.717) is 26.5 Å². The molecule has 6 heteroatoms. The Balaban J connectivity index is 2.43. The number of aromatic nitrogens is 2. The number of aryl methyl sites for hydroxylation is 1. The number of rotatable bonds is 3. The van der Waals surface area contributed by atoms with Crippen molar-refractivity contribution < 1.29 is 4.79 Å². The largest absolute Gasteiger partial charge is 0.287 e. The summed E-state index contributed by atoms with van der Waals surface area (Å²) in [6.07, 6.45) is 1.60. The van der Waals surface area contributed by atoms with E-state index in [1.54, 1.807) is 23.0 Å². The average Bonchev–Trinajstić information content (AvgIpc) is 2.83. The molecule has 0 atom stereocenters. The molecule has 2 heterocycles. The Hall–Kier alpha value is -0.840. The van der Waals surface area contributed by atoms with E-state index in [9.17, 15) is 4.79 Å². The second-order valence-electron chi connectivity index (χ2n) is 3.10. The molecule has 0 radical (unpaired) electrons. The molecule has 0 aliphatic rings. The van der Waals surface area contributed by atoms with Crippen LogP contribution < -0.4 is 0 Å². The van der Waals surface area contributed by atoms with Crippen LogP contribution in [0.2, 0.25) is 8.67 Å². The van der Waals surface area contributed by atoms with Crippen LogP contribution >= 0.6 is 34.5 Å². The summed E-state index contributed by atoms with van der Waals surface area (Å²) >= 11 is 12.9. The molecule has 0 N–H and O–H groups in total. The van der Waals surface area contributed by atoms with Gasteiger partial charge < -0.3 is 0 Å². The summed E-state index contributed by atoms with van der Waals surface area (Å²) in [7, 11) is 0. The zero-order valence-corrected chi connectivity index (χ0v) is 10.7. The second kappa shape index (κ2) is 4.57. The molecule has 0 saturated carbocycles. The van der Waals surface area contributed by atoms with Crippen LogP contribution in [-0.4, -0.2) is 15.6 Å². The molecule has 0 unspecified atom stereocenters. The van der Waals surface area contributed by atoms with E-state index >= 15 is 0 Å². The van der Waals surface area contributed by atoms with Crippen molar-refractivity contribution in [3.05, 3.63) is 38.3 Å². The lowest BCUT2D eigenvalue weighted by atomic mass is 10.1. The van der Waals surface area contributed by atoms with Crippen LogP contribution in [0.3, 0.4) is 0 Å². The maximum Gasteiger partial charge on any atom is 0.213 e. The van der Waals surface area contributed by atoms with Crippen molar-refractivity contribution >= 4 is 40.3 Å². The normalized spacial score (nSPS) is 10.7. The smallest absolute Gasteiger partial charge is 0.213 e. The van der Waals surface area contributed by atoms with Crippen LogP contribution in [0.15, 0.2) is 18.3 Å². The summed E-state index contributed by atoms with van der Waals surface area (Å²) in [6.45, 7) is 2.57. The fourth-order valence-corrected chi connectivity index (χ4v) is 2.87. The van der Waals surface area contributed by atoms with Gasteiger partial charge in [0.25, 0.3) is 0 Å². The zero-order valence-electron chi connectivity index (χ0n) is 8.41. The zero-order chi connectivity index (χ0) is 11.7. The second-order valence-corrected chi connectivity index (χ2v) is 5.38. The lowest BCUT2D eigenvalue weighted by Crippen LogP contribution is -2.10. The Morgan fingerprint density at radius 3 is 2.88 bits per heavy atom. The van der Waals surface area contributed by atoms with Gasteiger partial charge in [-0.3, -0.25) is 9.48 Å². The highest BCUT2D eigenvalue weighted by Gasteiger charge is 2.19. The first-order chi connectivity index (χ1) is 7.63. The van der Waals surface area contributed by atoms with Crippen LogP contribution in [-0.2, 0) is 6.54 Å². The standard InChI is InChI=1S/C10H8Cl2N2OS/c1-2-14-7(3-4-13-14)9(15)6-5-8(11)16-10(6)12/h3-5H,2H2,1H3. The molecular weight excluding hydrogens is 267 g/mol. The van der Waals surface area contributed by atoms with E-state index in [-0.39, 0.29) is 5.78 Å². The Kier molecular flexibility index (Phi) is 3.33. The van der Waals surface area contributed by atoms with Crippen molar-refractivity contribution in [1.29, 1.82) is 0 Å². The minimum Gasteiger partial charge on any atom is -0.287 e. The molecule has 2 rings (SSSR count). The molecule has 0 spiro atoms. The predicted molar refractivity (Wildman–Crippen MR) is 65.7 cm³/mol. The number of carbonyl (C=O) groups is 1. The molecular formula is C10H8Cl2N2OS. The van der Waals surface area contributed by atoms with Gasteiger partial charge in [0, 0.05) is 12.7 Å². The highest BCUT2D eigenvalue weighted by Crippen LogP contribution is 2.32. The van der Waals surface area contributed by atoms with Gasteiger partial charge in [-0.05, 0) is 19.1 Å². The molecule has 0 saturated heterocycles. The molecule has 2 aromatic rings. The summed E-state index contributed by atoms with van der Waals surface area (Å²) in [4.78, 5) is 12.1. The molecule has 0 amide bonds. The molecule has 0 bridgehead atoms. The molecule has 0 fully saturated rings. The van der Waals surface area contributed by atoms with Crippen molar-refractivity contribution in [2.45, 2.75) is 13.5 Å². The maximum absolute atomic E-state index is 12.1. The quantitative estimate of drug-likeness (QED) is 0.803. The van der Waals surface area contributed by atoms with Crippen molar-refractivity contribution in [2.75, 3.05) is 0 Å². The molecule has 16 heavy (non-hydrogen) atoms. The molecule has 0 aliphatic heterocycles. The topological polar surface area (TPSA) is 34.9 Å². The number of thiophene rings is 1. The highest BCUT2D eigenvalue weighted by atomic mass is 35.5. The third-order valence-electron chi connectivity index (χ3n) is 2.15. The van der Waals surface area contributed by atoms with Crippen LogP contribution in [0.4, 0.5) is 0 Å². The van der Waals surface area contributed by atoms with Gasteiger partial charge in [-0.2, -0.15) is 5.10 Å². The third kappa shape index (κ3) is 2.00. The van der Waals surface area contributed by atoms with Crippen LogP contribution in [0.25, 0.3) is 0 Å². The molecule has 0 aliphatic carbocycles. The Bertz CT molecular complexity index is 533. The Labute approximate surface area is 107 Å². The maximum atomic E-state index is 12.1. The molecule has 0 aromatic carbocycles. The Morgan fingerprint density at radius 1 is 1.56 bits per heavy atom. The van der Waals surface area contributed by atoms with Crippen LogP contribution in [0.5, 0.6) is 0 Å². The minimum atomic E-state index is -0.146. The molecule has 3 nitrogen and oxygen atoms in total. The van der Waals surface area contributed by atoms with Crippen LogP contribution in [0, 0.1) is 0 Å². The number of halogens is 2. The summed E-state index contributed by atoms with van der Waals surface area (Å²) < 4.78 is 2.55. The van der Waals surface area contributed by atoms with Gasteiger partial charge in [0.05, 0.1) is 9.90 Å². The summed E-state index contributed by atoms with van der Waals surface area (Å²) in [5.74, 6) is -0.146. The fraction of sp³-hybridized carbons (Fsp3) is 0.200. The van der Waals surface area contributed by atoms with E-state index in [1.165, 1.54) is 11.3 Å². The molecule has 2 aromatic heterocycles. The summed E-state index contributed by atoms with van der Waals surface area (Å²) in [6, 6.07) is 3.26. The van der Waals surface area contributed by atoms with Crippen LogP contribution in [0.1, 0.15) is 23.0 Å². The van der Waals surface area contributed by atoms with Crippen molar-refractivity contribution in [2.24, 2.45) is 0 Å². The number of hydrogen-bond acceptors (Lipinski definition) is 3. The third-order valence-corrected chi connectivity index (χ3v) is 3.64. The number of hydrogen-bond donors (Lipinski definition) is 0. The first-order valence-electron chi connectivity index (χ1n) is 4.64. The monoisotopic (exact) mass is 274 g/mol. The van der Waals surface area contributed by atoms with Gasteiger partial charge in [0.1, 0.15) is 10.0 Å². The lowest BCUT2D eigenvalue weighted by Gasteiger charge is -2.02. The van der Waals surface area contributed by atoms with Gasteiger partial charge in [-0.15, -0.1) is 11.3 Å². The van der Waals surface area contributed by atoms with Gasteiger partial charge in [-0.1, -0.05) is 23.2 Å². The van der Waals surface area contributed by atoms with Gasteiger partial charge in [-0.25, -0.2) is 0 Å². The number of ketones is 1. The predicted octanol–water partition coefficient (Wildman–Crippen LogP) is 3.50.